The van der Waals surface area contributed by atoms with Crippen LogP contribution in [0.5, 0.6) is 0 Å². The highest BCUT2D eigenvalue weighted by molar-refractivity contribution is 7.89. The molecule has 0 aliphatic heterocycles. The molecule has 186 valence electrons. The van der Waals surface area contributed by atoms with Gasteiger partial charge in [0.05, 0.1) is 22.1 Å². The Bertz CT molecular complexity index is 1280. The number of halogens is 2. The van der Waals surface area contributed by atoms with Crippen LogP contribution >= 0.6 is 11.6 Å². The van der Waals surface area contributed by atoms with Crippen LogP contribution in [-0.4, -0.2) is 53.0 Å². The van der Waals surface area contributed by atoms with Gasteiger partial charge >= 0.3 is 0 Å². The highest BCUT2D eigenvalue weighted by Crippen LogP contribution is 2.28. The van der Waals surface area contributed by atoms with E-state index in [2.05, 4.69) is 5.32 Å². The van der Waals surface area contributed by atoms with Gasteiger partial charge in [-0.2, -0.15) is 4.31 Å². The molecule has 0 unspecified atom stereocenters. The number of benzene rings is 3. The van der Waals surface area contributed by atoms with Crippen molar-refractivity contribution in [3.63, 3.8) is 0 Å². The molecule has 35 heavy (non-hydrogen) atoms. The zero-order valence-electron chi connectivity index (χ0n) is 19.7. The van der Waals surface area contributed by atoms with Crippen molar-refractivity contribution in [2.75, 3.05) is 44.6 Å². The molecule has 0 bridgehead atoms. The molecular formula is C25H27ClFN3O4S. The average Bonchev–Trinajstić information content (AvgIpc) is 2.82. The first-order valence-electron chi connectivity index (χ1n) is 10.7. The molecule has 0 aliphatic carbocycles. The fraction of sp³-hybridized carbons (Fsp3) is 0.240. The third kappa shape index (κ3) is 6.58. The number of ether oxygens (including phenoxy) is 1. The topological polar surface area (TPSA) is 79.0 Å². The van der Waals surface area contributed by atoms with Crippen LogP contribution in [0.25, 0.3) is 0 Å². The summed E-state index contributed by atoms with van der Waals surface area (Å²) in [6.07, 6.45) is 0. The van der Waals surface area contributed by atoms with Gasteiger partial charge in [0.1, 0.15) is 5.82 Å². The molecule has 3 rings (SSSR count). The van der Waals surface area contributed by atoms with E-state index < -0.39 is 15.8 Å². The van der Waals surface area contributed by atoms with Crippen LogP contribution in [-0.2, 0) is 21.3 Å². The lowest BCUT2D eigenvalue weighted by Crippen LogP contribution is -2.34. The number of sulfonamides is 1. The van der Waals surface area contributed by atoms with Crippen molar-refractivity contribution in [3.05, 3.63) is 88.7 Å². The molecule has 0 fully saturated rings. The maximum atomic E-state index is 13.4. The minimum absolute atomic E-state index is 0.00634. The number of hydrogen-bond donors (Lipinski definition) is 1. The van der Waals surface area contributed by atoms with Crippen molar-refractivity contribution in [2.24, 2.45) is 0 Å². The molecule has 1 amide bonds. The molecule has 0 radical (unpaired) electrons. The summed E-state index contributed by atoms with van der Waals surface area (Å²) in [4.78, 5) is 14.6. The Morgan fingerprint density at radius 3 is 2.37 bits per heavy atom. The zero-order chi connectivity index (χ0) is 25.6. The monoisotopic (exact) mass is 519 g/mol. The Hall–Kier alpha value is -2.98. The van der Waals surface area contributed by atoms with E-state index in [9.17, 15) is 17.6 Å². The molecule has 7 nitrogen and oxygen atoms in total. The van der Waals surface area contributed by atoms with E-state index in [-0.39, 0.29) is 30.5 Å². The van der Waals surface area contributed by atoms with Crippen molar-refractivity contribution in [2.45, 2.75) is 11.4 Å². The number of carbonyl (C=O) groups is 1. The molecule has 0 saturated heterocycles. The van der Waals surface area contributed by atoms with Crippen molar-refractivity contribution in [1.82, 2.24) is 4.31 Å². The Kier molecular flexibility index (Phi) is 8.85. The van der Waals surface area contributed by atoms with Crippen LogP contribution in [0.1, 0.15) is 15.9 Å². The lowest BCUT2D eigenvalue weighted by atomic mass is 10.1. The fourth-order valence-electron chi connectivity index (χ4n) is 3.49. The zero-order valence-corrected chi connectivity index (χ0v) is 21.2. The summed E-state index contributed by atoms with van der Waals surface area (Å²) in [5.74, 6) is -0.904. The van der Waals surface area contributed by atoms with E-state index in [1.54, 1.807) is 42.5 Å². The molecule has 0 atom stereocenters. The normalized spacial score (nSPS) is 11.5. The molecule has 3 aromatic rings. The minimum Gasteiger partial charge on any atom is -0.383 e. The van der Waals surface area contributed by atoms with Gasteiger partial charge in [-0.3, -0.25) is 4.79 Å². The number of carbonyl (C=O) groups excluding carboxylic acids is 1. The van der Waals surface area contributed by atoms with E-state index in [1.807, 2.05) is 19.0 Å². The first-order chi connectivity index (χ1) is 16.6. The predicted octanol–water partition coefficient (Wildman–Crippen LogP) is 4.63. The van der Waals surface area contributed by atoms with Crippen LogP contribution in [0.15, 0.2) is 71.6 Å². The molecule has 3 aromatic carbocycles. The number of nitrogens with one attached hydrogen (secondary N) is 1. The van der Waals surface area contributed by atoms with Crippen molar-refractivity contribution >= 4 is 38.9 Å². The van der Waals surface area contributed by atoms with E-state index in [0.29, 0.717) is 21.8 Å². The highest BCUT2D eigenvalue weighted by atomic mass is 35.5. The molecule has 0 aromatic heterocycles. The second-order valence-corrected chi connectivity index (χ2v) is 10.3. The summed E-state index contributed by atoms with van der Waals surface area (Å²) < 4.78 is 46.5. The largest absolute Gasteiger partial charge is 0.383 e. The van der Waals surface area contributed by atoms with Crippen molar-refractivity contribution in [1.29, 1.82) is 0 Å². The predicted molar refractivity (Wildman–Crippen MR) is 136 cm³/mol. The molecule has 0 saturated carbocycles. The van der Waals surface area contributed by atoms with E-state index >= 15 is 0 Å². The Labute approximate surface area is 210 Å². The fourth-order valence-corrected chi connectivity index (χ4v) is 5.12. The lowest BCUT2D eigenvalue weighted by Gasteiger charge is -2.25. The first kappa shape index (κ1) is 26.6. The third-order valence-corrected chi connectivity index (χ3v) is 7.47. The van der Waals surface area contributed by atoms with Gasteiger partial charge in [-0.15, -0.1) is 0 Å². The third-order valence-electron chi connectivity index (χ3n) is 5.28. The minimum atomic E-state index is -3.95. The van der Waals surface area contributed by atoms with Gasteiger partial charge in [0.15, 0.2) is 0 Å². The van der Waals surface area contributed by atoms with Crippen LogP contribution in [0.4, 0.5) is 15.8 Å². The highest BCUT2D eigenvalue weighted by Gasteiger charge is 2.26. The number of methoxy groups -OCH3 is 1. The molecule has 0 spiro atoms. The van der Waals surface area contributed by atoms with E-state index in [1.165, 1.54) is 23.5 Å². The molecule has 10 heteroatoms. The molecule has 1 N–H and O–H groups in total. The smallest absolute Gasteiger partial charge is 0.257 e. The number of amides is 1. The first-order valence-corrected chi connectivity index (χ1v) is 12.6. The summed E-state index contributed by atoms with van der Waals surface area (Å²) in [5.41, 5.74) is 2.25. The average molecular weight is 520 g/mol. The van der Waals surface area contributed by atoms with Crippen molar-refractivity contribution in [3.8, 4) is 0 Å². The number of anilines is 2. The van der Waals surface area contributed by atoms with Gasteiger partial charge in [0.2, 0.25) is 10.0 Å². The summed E-state index contributed by atoms with van der Waals surface area (Å²) in [5, 5.41) is 3.15. The number of nitrogens with zero attached hydrogens (tertiary/aromatic N) is 2. The Morgan fingerprint density at radius 1 is 1.06 bits per heavy atom. The maximum absolute atomic E-state index is 13.4. The van der Waals surface area contributed by atoms with Gasteiger partial charge in [0.25, 0.3) is 5.91 Å². The number of rotatable bonds is 10. The van der Waals surface area contributed by atoms with Gasteiger partial charge in [0, 0.05) is 45.7 Å². The lowest BCUT2D eigenvalue weighted by molar-refractivity contribution is 0.102. The van der Waals surface area contributed by atoms with E-state index in [4.69, 9.17) is 16.3 Å². The second-order valence-electron chi connectivity index (χ2n) is 7.96. The SMILES string of the molecule is COCCN(Cc1cc(NC(=O)c2ccccc2Cl)ccc1N(C)C)S(=O)(=O)c1ccc(F)cc1. The summed E-state index contributed by atoms with van der Waals surface area (Å²) in [6.45, 7) is 0.256. The van der Waals surface area contributed by atoms with Gasteiger partial charge in [-0.25, -0.2) is 12.8 Å². The standard InChI is InChI=1S/C25H27ClFN3O4S/c1-29(2)24-13-10-20(28-25(31)22-6-4-5-7-23(22)26)16-18(24)17-30(14-15-34-3)35(32,33)21-11-8-19(27)9-12-21/h4-13,16H,14-15,17H2,1-3H3,(H,28,31). The van der Waals surface area contributed by atoms with Crippen LogP contribution in [0.2, 0.25) is 5.02 Å². The molecule has 0 aliphatic rings. The number of hydrogen-bond acceptors (Lipinski definition) is 5. The van der Waals surface area contributed by atoms with Crippen molar-refractivity contribution < 1.29 is 22.3 Å². The molecular weight excluding hydrogens is 493 g/mol. The quantitative estimate of drug-likeness (QED) is 0.422. The van der Waals surface area contributed by atoms with Crippen LogP contribution in [0, 0.1) is 5.82 Å². The molecule has 0 heterocycles. The van der Waals surface area contributed by atoms with Gasteiger partial charge in [-0.1, -0.05) is 23.7 Å². The maximum Gasteiger partial charge on any atom is 0.257 e. The van der Waals surface area contributed by atoms with Gasteiger partial charge in [-0.05, 0) is 60.2 Å². The van der Waals surface area contributed by atoms with E-state index in [0.717, 1.165) is 17.8 Å². The Morgan fingerprint density at radius 2 is 1.74 bits per heavy atom. The van der Waals surface area contributed by atoms with Crippen LogP contribution < -0.4 is 10.2 Å². The summed E-state index contributed by atoms with van der Waals surface area (Å²) in [7, 11) is 1.22. The second kappa shape index (κ2) is 11.6. The van der Waals surface area contributed by atoms with Crippen LogP contribution in [0.3, 0.4) is 0 Å². The Balaban J connectivity index is 1.95. The summed E-state index contributed by atoms with van der Waals surface area (Å²) >= 11 is 6.14. The summed E-state index contributed by atoms with van der Waals surface area (Å²) in [6, 6.07) is 16.7. The van der Waals surface area contributed by atoms with Gasteiger partial charge < -0.3 is 15.0 Å².